The molecule has 156 valence electrons. The number of aromatic nitrogens is 1. The van der Waals surface area contributed by atoms with E-state index >= 15 is 0 Å². The number of hydrogen-bond acceptors (Lipinski definition) is 3. The molecule has 0 aliphatic heterocycles. The summed E-state index contributed by atoms with van der Waals surface area (Å²) in [7, 11) is 0. The molecular formula is C26H23ClFN3. The smallest absolute Gasteiger partial charge is 0.128 e. The molecule has 31 heavy (non-hydrogen) atoms. The summed E-state index contributed by atoms with van der Waals surface area (Å²) in [5, 5.41) is 4.80. The Balaban J connectivity index is 1.53. The Morgan fingerprint density at radius 3 is 2.45 bits per heavy atom. The van der Waals surface area contributed by atoms with Crippen LogP contribution in [0.25, 0.3) is 22.0 Å². The van der Waals surface area contributed by atoms with Gasteiger partial charge in [0.1, 0.15) is 5.82 Å². The predicted octanol–water partition coefficient (Wildman–Crippen LogP) is 6.82. The quantitative estimate of drug-likeness (QED) is 0.364. The van der Waals surface area contributed by atoms with Crippen LogP contribution in [0.15, 0.2) is 72.9 Å². The molecule has 5 heteroatoms. The van der Waals surface area contributed by atoms with Crippen molar-refractivity contribution in [2.45, 2.75) is 31.3 Å². The number of fused-ring (bicyclic) bond motifs is 1. The van der Waals surface area contributed by atoms with Crippen LogP contribution in [0, 0.1) is 5.82 Å². The third-order valence-corrected chi connectivity index (χ3v) is 6.42. The fourth-order valence-corrected chi connectivity index (χ4v) is 4.24. The lowest BCUT2D eigenvalue weighted by Gasteiger charge is -2.19. The minimum Gasteiger partial charge on any atom is -0.377 e. The molecule has 4 aromatic rings. The van der Waals surface area contributed by atoms with E-state index in [0.717, 1.165) is 40.6 Å². The van der Waals surface area contributed by atoms with Gasteiger partial charge in [0.2, 0.25) is 0 Å². The fourth-order valence-electron chi connectivity index (χ4n) is 4.03. The van der Waals surface area contributed by atoms with Gasteiger partial charge in [-0.2, -0.15) is 0 Å². The van der Waals surface area contributed by atoms with Crippen molar-refractivity contribution < 1.29 is 4.39 Å². The van der Waals surface area contributed by atoms with Crippen LogP contribution in [0.5, 0.6) is 0 Å². The molecule has 0 spiro atoms. The Hall–Kier alpha value is -2.95. The van der Waals surface area contributed by atoms with Gasteiger partial charge in [0.25, 0.3) is 0 Å². The van der Waals surface area contributed by atoms with Crippen LogP contribution in [-0.4, -0.2) is 4.98 Å². The third-order valence-electron chi connectivity index (χ3n) is 6.14. The molecule has 0 amide bonds. The molecular weight excluding hydrogens is 409 g/mol. The highest BCUT2D eigenvalue weighted by molar-refractivity contribution is 6.34. The van der Waals surface area contributed by atoms with Gasteiger partial charge in [-0.3, -0.25) is 4.98 Å². The maximum absolute atomic E-state index is 14.3. The van der Waals surface area contributed by atoms with Gasteiger partial charge in [0.05, 0.1) is 22.3 Å². The summed E-state index contributed by atoms with van der Waals surface area (Å²) in [4.78, 5) is 4.47. The van der Waals surface area contributed by atoms with E-state index < -0.39 is 0 Å². The Morgan fingerprint density at radius 2 is 1.74 bits per heavy atom. The van der Waals surface area contributed by atoms with Crippen LogP contribution in [-0.2, 0) is 5.54 Å². The summed E-state index contributed by atoms with van der Waals surface area (Å²) >= 11 is 6.52. The SMILES string of the molecule is CC(Nc1c(Cl)cnc2ccc(-c3ccc(C4(N)CC4)cc3)cc12)c1ccccc1F. The molecule has 1 aromatic heterocycles. The van der Waals surface area contributed by atoms with Crippen molar-refractivity contribution in [3.05, 3.63) is 94.9 Å². The van der Waals surface area contributed by atoms with E-state index in [1.54, 1.807) is 18.3 Å². The number of nitrogens with one attached hydrogen (secondary N) is 1. The van der Waals surface area contributed by atoms with Gasteiger partial charge in [0, 0.05) is 22.7 Å². The van der Waals surface area contributed by atoms with Crippen molar-refractivity contribution in [2.24, 2.45) is 5.73 Å². The minimum atomic E-state index is -0.258. The summed E-state index contributed by atoms with van der Waals surface area (Å²) in [5.41, 5.74) is 11.7. The van der Waals surface area contributed by atoms with E-state index in [-0.39, 0.29) is 17.4 Å². The average Bonchev–Trinajstić information content (AvgIpc) is 3.54. The zero-order valence-corrected chi connectivity index (χ0v) is 18.0. The second-order valence-electron chi connectivity index (χ2n) is 8.33. The first kappa shape index (κ1) is 20.0. The summed E-state index contributed by atoms with van der Waals surface area (Å²) in [5.74, 6) is -0.244. The standard InChI is InChI=1S/C26H23ClFN3/c1-16(20-4-2-3-5-23(20)28)31-25-21-14-18(8-11-24(21)30-15-22(25)27)17-6-9-19(10-7-17)26(29)12-13-26/h2-11,14-16H,12-13,29H2,1H3,(H,30,31). The van der Waals surface area contributed by atoms with Gasteiger partial charge in [0.15, 0.2) is 0 Å². The van der Waals surface area contributed by atoms with E-state index in [4.69, 9.17) is 17.3 Å². The molecule has 1 heterocycles. The maximum atomic E-state index is 14.3. The van der Waals surface area contributed by atoms with E-state index in [1.165, 1.54) is 11.6 Å². The maximum Gasteiger partial charge on any atom is 0.128 e. The first-order chi connectivity index (χ1) is 14.9. The van der Waals surface area contributed by atoms with Crippen molar-refractivity contribution >= 4 is 28.2 Å². The number of pyridine rings is 1. The number of nitrogens with zero attached hydrogens (tertiary/aromatic N) is 1. The summed E-state index contributed by atoms with van der Waals surface area (Å²) in [6.45, 7) is 1.92. The van der Waals surface area contributed by atoms with Gasteiger partial charge in [-0.05, 0) is 54.7 Å². The van der Waals surface area contributed by atoms with Crippen LogP contribution in [0.3, 0.4) is 0 Å². The number of benzene rings is 3. The molecule has 3 N–H and O–H groups in total. The topological polar surface area (TPSA) is 50.9 Å². The van der Waals surface area contributed by atoms with Crippen molar-refractivity contribution in [2.75, 3.05) is 5.32 Å². The van der Waals surface area contributed by atoms with Gasteiger partial charge in [-0.15, -0.1) is 0 Å². The fraction of sp³-hybridized carbons (Fsp3) is 0.192. The van der Waals surface area contributed by atoms with E-state index in [1.807, 2.05) is 19.1 Å². The lowest BCUT2D eigenvalue weighted by molar-refractivity contribution is 0.600. The second kappa shape index (κ2) is 7.63. The van der Waals surface area contributed by atoms with Gasteiger partial charge < -0.3 is 11.1 Å². The third kappa shape index (κ3) is 3.78. The van der Waals surface area contributed by atoms with Crippen LogP contribution in [0.4, 0.5) is 10.1 Å². The zero-order chi connectivity index (χ0) is 21.6. The molecule has 1 saturated carbocycles. The zero-order valence-electron chi connectivity index (χ0n) is 17.2. The highest BCUT2D eigenvalue weighted by Gasteiger charge is 2.39. The molecule has 1 aliphatic rings. The Labute approximate surface area is 186 Å². The van der Waals surface area contributed by atoms with Crippen LogP contribution >= 0.6 is 11.6 Å². The molecule has 5 rings (SSSR count). The molecule has 1 fully saturated rings. The van der Waals surface area contributed by atoms with E-state index in [0.29, 0.717) is 10.6 Å². The molecule has 3 nitrogen and oxygen atoms in total. The lowest BCUT2D eigenvalue weighted by Crippen LogP contribution is -2.18. The monoisotopic (exact) mass is 431 g/mol. The van der Waals surface area contributed by atoms with Crippen LogP contribution in [0.2, 0.25) is 5.02 Å². The highest BCUT2D eigenvalue weighted by atomic mass is 35.5. The van der Waals surface area contributed by atoms with Crippen molar-refractivity contribution in [3.63, 3.8) is 0 Å². The molecule has 1 unspecified atom stereocenters. The first-order valence-corrected chi connectivity index (χ1v) is 10.8. The number of halogens is 2. The van der Waals surface area contributed by atoms with Crippen molar-refractivity contribution in [1.29, 1.82) is 0 Å². The largest absolute Gasteiger partial charge is 0.377 e. The predicted molar refractivity (Wildman–Crippen MR) is 126 cm³/mol. The molecule has 0 saturated heterocycles. The first-order valence-electron chi connectivity index (χ1n) is 10.4. The highest BCUT2D eigenvalue weighted by Crippen LogP contribution is 2.43. The summed E-state index contributed by atoms with van der Waals surface area (Å²) in [6, 6.07) is 21.1. The molecule has 0 radical (unpaired) electrons. The second-order valence-corrected chi connectivity index (χ2v) is 8.74. The minimum absolute atomic E-state index is 0.140. The summed E-state index contributed by atoms with van der Waals surface area (Å²) in [6.07, 6.45) is 3.72. The molecule has 1 aliphatic carbocycles. The van der Waals surface area contributed by atoms with Crippen molar-refractivity contribution in [1.82, 2.24) is 4.98 Å². The summed E-state index contributed by atoms with van der Waals surface area (Å²) < 4.78 is 14.3. The van der Waals surface area contributed by atoms with E-state index in [2.05, 4.69) is 46.7 Å². The molecule has 0 bridgehead atoms. The Kier molecular flexibility index (Phi) is 4.92. The Morgan fingerprint density at radius 1 is 1.03 bits per heavy atom. The van der Waals surface area contributed by atoms with Gasteiger partial charge >= 0.3 is 0 Å². The number of hydrogen-bond donors (Lipinski definition) is 2. The van der Waals surface area contributed by atoms with Gasteiger partial charge in [-0.25, -0.2) is 4.39 Å². The van der Waals surface area contributed by atoms with Gasteiger partial charge in [-0.1, -0.05) is 60.1 Å². The molecule has 1 atom stereocenters. The Bertz CT molecular complexity index is 1270. The number of anilines is 1. The number of rotatable bonds is 5. The number of nitrogens with two attached hydrogens (primary N) is 1. The van der Waals surface area contributed by atoms with Crippen molar-refractivity contribution in [3.8, 4) is 11.1 Å². The molecule has 3 aromatic carbocycles. The average molecular weight is 432 g/mol. The van der Waals surface area contributed by atoms with Crippen LogP contribution < -0.4 is 11.1 Å². The lowest BCUT2D eigenvalue weighted by atomic mass is 9.98. The van der Waals surface area contributed by atoms with E-state index in [9.17, 15) is 4.39 Å². The normalized spacial score (nSPS) is 15.6. The van der Waals surface area contributed by atoms with Crippen LogP contribution in [0.1, 0.15) is 36.9 Å².